The Morgan fingerprint density at radius 1 is 1.41 bits per heavy atom. The number of hydrogen-bond acceptors (Lipinski definition) is 2. The number of rotatable bonds is 1. The van der Waals surface area contributed by atoms with Gasteiger partial charge in [0.1, 0.15) is 5.69 Å². The van der Waals surface area contributed by atoms with Crippen molar-refractivity contribution in [1.29, 1.82) is 0 Å². The molecule has 90 valence electrons. The molecule has 2 aromatic rings. The van der Waals surface area contributed by atoms with Crippen LogP contribution in [0.15, 0.2) is 24.5 Å². The van der Waals surface area contributed by atoms with E-state index in [0.717, 1.165) is 10.9 Å². The number of nitrogens with one attached hydrogen (secondary N) is 1. The van der Waals surface area contributed by atoms with Crippen LogP contribution in [0.25, 0.3) is 10.9 Å². The van der Waals surface area contributed by atoms with E-state index >= 15 is 0 Å². The summed E-state index contributed by atoms with van der Waals surface area (Å²) in [6, 6.07) is 3.70. The van der Waals surface area contributed by atoms with E-state index in [2.05, 4.69) is 9.97 Å². The van der Waals surface area contributed by atoms with Crippen molar-refractivity contribution in [2.24, 2.45) is 0 Å². The molecule has 0 aliphatic rings. The van der Waals surface area contributed by atoms with Gasteiger partial charge in [0.25, 0.3) is 5.91 Å². The van der Waals surface area contributed by atoms with Crippen LogP contribution in [-0.2, 0) is 0 Å². The van der Waals surface area contributed by atoms with Crippen molar-refractivity contribution < 1.29 is 4.79 Å². The number of amides is 1. The fraction of sp³-hybridized carbons (Fsp3) is 0.385. The van der Waals surface area contributed by atoms with Crippen LogP contribution in [0, 0.1) is 0 Å². The highest BCUT2D eigenvalue weighted by atomic mass is 16.2. The van der Waals surface area contributed by atoms with Crippen LogP contribution in [0.1, 0.15) is 31.3 Å². The minimum absolute atomic E-state index is 0.00583. The number of carbonyl (C=O) groups excluding carboxylic acids is 1. The monoisotopic (exact) mass is 231 g/mol. The molecule has 0 radical (unpaired) electrons. The van der Waals surface area contributed by atoms with Gasteiger partial charge in [-0.1, -0.05) is 0 Å². The number of carbonyl (C=O) groups is 1. The number of nitrogens with zero attached hydrogens (tertiary/aromatic N) is 2. The van der Waals surface area contributed by atoms with E-state index in [1.165, 1.54) is 0 Å². The lowest BCUT2D eigenvalue weighted by molar-refractivity contribution is 0.0650. The molecule has 0 spiro atoms. The second-order valence-corrected chi connectivity index (χ2v) is 5.18. The van der Waals surface area contributed by atoms with Gasteiger partial charge in [0.2, 0.25) is 0 Å². The van der Waals surface area contributed by atoms with E-state index < -0.39 is 0 Å². The molecule has 4 heteroatoms. The van der Waals surface area contributed by atoms with E-state index in [9.17, 15) is 4.79 Å². The van der Waals surface area contributed by atoms with Crippen molar-refractivity contribution in [2.45, 2.75) is 26.3 Å². The van der Waals surface area contributed by atoms with Crippen LogP contribution in [0.3, 0.4) is 0 Å². The van der Waals surface area contributed by atoms with Crippen molar-refractivity contribution in [3.8, 4) is 0 Å². The van der Waals surface area contributed by atoms with Crippen molar-refractivity contribution >= 4 is 16.8 Å². The smallest absolute Gasteiger partial charge is 0.270 e. The Hall–Kier alpha value is -1.84. The third-order valence-corrected chi connectivity index (χ3v) is 2.96. The average molecular weight is 231 g/mol. The molecule has 0 saturated heterocycles. The van der Waals surface area contributed by atoms with Gasteiger partial charge in [-0.15, -0.1) is 0 Å². The Morgan fingerprint density at radius 2 is 2.12 bits per heavy atom. The number of hydrogen-bond donors (Lipinski definition) is 1. The first-order valence-corrected chi connectivity index (χ1v) is 5.60. The molecule has 4 nitrogen and oxygen atoms in total. The van der Waals surface area contributed by atoms with Crippen molar-refractivity contribution in [3.05, 3.63) is 30.2 Å². The topological polar surface area (TPSA) is 49.0 Å². The molecule has 0 fully saturated rings. The lowest BCUT2D eigenvalue weighted by Crippen LogP contribution is -2.42. The minimum atomic E-state index is -0.188. The normalized spacial score (nSPS) is 11.8. The molecule has 0 atom stereocenters. The standard InChI is InChI=1S/C13H17N3O/c1-13(2,3)16(4)12(17)11-7-9-8-14-6-5-10(9)15-11/h5-8,15H,1-4H3. The Bertz CT molecular complexity index is 518. The highest BCUT2D eigenvalue weighted by Crippen LogP contribution is 2.18. The summed E-state index contributed by atoms with van der Waals surface area (Å²) in [5.41, 5.74) is 1.35. The highest BCUT2D eigenvalue weighted by molar-refractivity contribution is 5.98. The molecule has 0 aliphatic carbocycles. The summed E-state index contributed by atoms with van der Waals surface area (Å²) in [4.78, 5) is 21.1. The summed E-state index contributed by atoms with van der Waals surface area (Å²) in [6.45, 7) is 6.03. The summed E-state index contributed by atoms with van der Waals surface area (Å²) in [7, 11) is 1.81. The molecule has 0 aromatic carbocycles. The molecule has 2 heterocycles. The van der Waals surface area contributed by atoms with Crippen LogP contribution < -0.4 is 0 Å². The Morgan fingerprint density at radius 3 is 2.71 bits per heavy atom. The van der Waals surface area contributed by atoms with Gasteiger partial charge in [0.15, 0.2) is 0 Å². The van der Waals surface area contributed by atoms with Gasteiger partial charge in [0.05, 0.1) is 0 Å². The summed E-state index contributed by atoms with van der Waals surface area (Å²) in [5, 5.41) is 0.957. The molecule has 1 N–H and O–H groups in total. The van der Waals surface area contributed by atoms with Crippen LogP contribution in [0.5, 0.6) is 0 Å². The molecule has 0 bridgehead atoms. The molecule has 0 aliphatic heterocycles. The quantitative estimate of drug-likeness (QED) is 0.819. The van der Waals surface area contributed by atoms with Gasteiger partial charge >= 0.3 is 0 Å². The zero-order chi connectivity index (χ0) is 12.6. The van der Waals surface area contributed by atoms with Crippen molar-refractivity contribution in [3.63, 3.8) is 0 Å². The third-order valence-electron chi connectivity index (χ3n) is 2.96. The molecule has 0 unspecified atom stereocenters. The predicted molar refractivity (Wildman–Crippen MR) is 67.9 cm³/mol. The second-order valence-electron chi connectivity index (χ2n) is 5.18. The first-order valence-electron chi connectivity index (χ1n) is 5.60. The van der Waals surface area contributed by atoms with E-state index in [4.69, 9.17) is 0 Å². The molecule has 0 saturated carbocycles. The summed E-state index contributed by atoms with van der Waals surface area (Å²) < 4.78 is 0. The molecule has 2 aromatic heterocycles. The lowest BCUT2D eigenvalue weighted by atomic mass is 10.1. The molecular weight excluding hydrogens is 214 g/mol. The fourth-order valence-corrected chi connectivity index (χ4v) is 1.57. The maximum absolute atomic E-state index is 12.2. The van der Waals surface area contributed by atoms with Crippen LogP contribution in [0.4, 0.5) is 0 Å². The molecule has 1 amide bonds. The van der Waals surface area contributed by atoms with Gasteiger partial charge in [0, 0.05) is 35.9 Å². The average Bonchev–Trinajstić information content (AvgIpc) is 2.69. The first kappa shape index (κ1) is 11.6. The van der Waals surface area contributed by atoms with Crippen molar-refractivity contribution in [2.75, 3.05) is 7.05 Å². The Balaban J connectivity index is 2.37. The molecule has 17 heavy (non-hydrogen) atoms. The summed E-state index contributed by atoms with van der Waals surface area (Å²) in [5.74, 6) is -0.00583. The van der Waals surface area contributed by atoms with Crippen LogP contribution in [0.2, 0.25) is 0 Å². The minimum Gasteiger partial charge on any atom is -0.350 e. The summed E-state index contributed by atoms with van der Waals surface area (Å²) >= 11 is 0. The van der Waals surface area contributed by atoms with E-state index in [0.29, 0.717) is 5.69 Å². The van der Waals surface area contributed by atoms with Crippen LogP contribution in [-0.4, -0.2) is 33.4 Å². The van der Waals surface area contributed by atoms with Crippen LogP contribution >= 0.6 is 0 Å². The highest BCUT2D eigenvalue weighted by Gasteiger charge is 2.24. The van der Waals surface area contributed by atoms with Gasteiger partial charge in [-0.2, -0.15) is 0 Å². The SMILES string of the molecule is CN(C(=O)c1cc2cnccc2[nH]1)C(C)(C)C. The number of aromatic amines is 1. The van der Waals surface area contributed by atoms with Gasteiger partial charge in [-0.25, -0.2) is 0 Å². The van der Waals surface area contributed by atoms with Gasteiger partial charge in [-0.05, 0) is 32.9 Å². The largest absolute Gasteiger partial charge is 0.350 e. The zero-order valence-corrected chi connectivity index (χ0v) is 10.6. The first-order chi connectivity index (χ1) is 7.89. The number of H-pyrrole nitrogens is 1. The molecule has 2 rings (SSSR count). The number of fused-ring (bicyclic) bond motifs is 1. The maximum atomic E-state index is 12.2. The van der Waals surface area contributed by atoms with E-state index in [1.807, 2.05) is 40.0 Å². The van der Waals surface area contributed by atoms with E-state index in [1.54, 1.807) is 17.3 Å². The fourth-order valence-electron chi connectivity index (χ4n) is 1.57. The Labute approximate surface area is 101 Å². The lowest BCUT2D eigenvalue weighted by Gasteiger charge is -2.31. The third kappa shape index (κ3) is 2.16. The maximum Gasteiger partial charge on any atom is 0.270 e. The van der Waals surface area contributed by atoms with Crippen molar-refractivity contribution in [1.82, 2.24) is 14.9 Å². The Kier molecular flexibility index (Phi) is 2.65. The summed E-state index contributed by atoms with van der Waals surface area (Å²) in [6.07, 6.45) is 3.46. The van der Waals surface area contributed by atoms with E-state index in [-0.39, 0.29) is 11.4 Å². The van der Waals surface area contributed by atoms with Gasteiger partial charge < -0.3 is 9.88 Å². The number of aromatic nitrogens is 2. The number of pyridine rings is 1. The molecular formula is C13H17N3O. The van der Waals surface area contributed by atoms with Gasteiger partial charge in [-0.3, -0.25) is 9.78 Å². The second kappa shape index (κ2) is 3.87. The predicted octanol–water partition coefficient (Wildman–Crippen LogP) is 2.43. The zero-order valence-electron chi connectivity index (χ0n) is 10.6.